The molecule has 0 aliphatic carbocycles. The number of carbonyl (C=O) groups excluding carboxylic acids is 2. The molecular weight excluding hydrogens is 701 g/mol. The molecule has 0 N–H and O–H groups in total. The molecule has 0 saturated carbocycles. The number of carbonyl (C=O) groups is 2. The molecule has 0 aliphatic heterocycles. The molecule has 4 rings (SSSR count). The molecule has 0 spiro atoms. The molecule has 280 valence electrons. The Hall–Kier alpha value is -6.21. The summed E-state index contributed by atoms with van der Waals surface area (Å²) in [6.07, 6.45) is -2.32. The molecule has 1 unspecified atom stereocenters. The zero-order valence-corrected chi connectivity index (χ0v) is 30.3. The number of rotatable bonds is 15. The van der Waals surface area contributed by atoms with E-state index in [1.54, 1.807) is 81.4 Å². The average molecular weight is 741 g/mol. The van der Waals surface area contributed by atoms with Crippen LogP contribution in [0, 0.1) is 34.0 Å². The first kappa shape index (κ1) is 40.6. The number of hydrogen-bond donors (Lipinski definition) is 0. The van der Waals surface area contributed by atoms with Crippen LogP contribution in [0.4, 0.5) is 24.5 Å². The number of halogens is 3. The molecule has 0 fully saturated rings. The van der Waals surface area contributed by atoms with Crippen LogP contribution in [0.25, 0.3) is 0 Å². The molecule has 0 bridgehead atoms. The summed E-state index contributed by atoms with van der Waals surface area (Å²) in [6.45, 7) is 7.26. The number of hydrogen-bond acceptors (Lipinski definition) is 10. The van der Waals surface area contributed by atoms with Gasteiger partial charge in [-0.05, 0) is 119 Å². The summed E-state index contributed by atoms with van der Waals surface area (Å²) in [4.78, 5) is 30.1. The predicted octanol–water partition coefficient (Wildman–Crippen LogP) is 9.16. The van der Waals surface area contributed by atoms with E-state index in [2.05, 4.69) is 27.1 Å². The van der Waals surface area contributed by atoms with Crippen molar-refractivity contribution in [2.75, 3.05) is 26.4 Å². The first-order valence-electron chi connectivity index (χ1n) is 17.0. The van der Waals surface area contributed by atoms with Crippen molar-refractivity contribution in [2.24, 2.45) is 21.1 Å². The molecule has 1 heterocycles. The van der Waals surface area contributed by atoms with Crippen molar-refractivity contribution < 1.29 is 41.7 Å². The molecule has 1 aromatic heterocycles. The van der Waals surface area contributed by atoms with Gasteiger partial charge in [-0.25, -0.2) is 4.98 Å². The molecule has 0 radical (unpaired) electrons. The Morgan fingerprint density at radius 3 is 1.70 bits per heavy atom. The lowest BCUT2D eigenvalue weighted by molar-refractivity contribution is -0.164. The van der Waals surface area contributed by atoms with E-state index >= 15 is 0 Å². The highest BCUT2D eigenvalue weighted by Gasteiger charge is 2.43. The third-order valence-electron chi connectivity index (χ3n) is 8.23. The number of azo groups is 1. The van der Waals surface area contributed by atoms with Crippen molar-refractivity contribution in [3.63, 3.8) is 0 Å². The monoisotopic (exact) mass is 740 g/mol. The van der Waals surface area contributed by atoms with Gasteiger partial charge in [0.1, 0.15) is 55.4 Å². The molecule has 10 nitrogen and oxygen atoms in total. The maximum absolute atomic E-state index is 13.1. The lowest BCUT2D eigenvalue weighted by Gasteiger charge is -2.33. The summed E-state index contributed by atoms with van der Waals surface area (Å²) < 4.78 is 60.7. The Morgan fingerprint density at radius 2 is 1.20 bits per heavy atom. The van der Waals surface area contributed by atoms with Gasteiger partial charge in [0.15, 0.2) is 0 Å². The molecule has 54 heavy (non-hydrogen) atoms. The molecule has 1 atom stereocenters. The number of benzene rings is 3. The van der Waals surface area contributed by atoms with Gasteiger partial charge in [0.25, 0.3) is 0 Å². The summed E-state index contributed by atoms with van der Waals surface area (Å²) in [7, 11) is 0. The van der Waals surface area contributed by atoms with E-state index in [-0.39, 0.29) is 32.8 Å². The number of pyridine rings is 1. The van der Waals surface area contributed by atoms with E-state index in [1.165, 1.54) is 18.3 Å². The van der Waals surface area contributed by atoms with Crippen molar-refractivity contribution in [3.8, 4) is 29.4 Å². The standard InChI is InChI=1S/C41H39F3N4O6/c1-5-40(4,38(50)54-25-23-51-35-18-10-30(11-19-35)7-6-29-8-12-31(13-9-29)41(42,43)44)28-39(2,3)37(49)53-24-22-52-36-20-16-32(17-21-36)47-48-34-15-14-33(26-45)46-27-34/h8-21,27H,5,22-25,28H2,1-4H3/b48-47+. The van der Waals surface area contributed by atoms with Gasteiger partial charge < -0.3 is 18.9 Å². The van der Waals surface area contributed by atoms with E-state index in [4.69, 9.17) is 24.2 Å². The number of nitriles is 1. The Balaban J connectivity index is 1.16. The second kappa shape index (κ2) is 18.5. The van der Waals surface area contributed by atoms with Crippen LogP contribution in [0.15, 0.2) is 101 Å². The Labute approximate surface area is 312 Å². The SMILES string of the molecule is CCC(C)(CC(C)(C)C(=O)OCCOc1ccc(/N=N/c2ccc(C#N)nc2)cc1)C(=O)OCCOc1ccc(C#Cc2ccc(C(F)(F)F)cc2)cc1. The van der Waals surface area contributed by atoms with Crippen LogP contribution in [0.1, 0.15) is 62.9 Å². The normalized spacial score (nSPS) is 12.5. The molecule has 3 aromatic carbocycles. The van der Waals surface area contributed by atoms with Gasteiger partial charge in [0.2, 0.25) is 0 Å². The maximum Gasteiger partial charge on any atom is 0.416 e. The zero-order chi connectivity index (χ0) is 39.2. The second-order valence-electron chi connectivity index (χ2n) is 13.0. The summed E-state index contributed by atoms with van der Waals surface area (Å²) >= 11 is 0. The molecular formula is C41H39F3N4O6. The second-order valence-corrected chi connectivity index (χ2v) is 13.0. The van der Waals surface area contributed by atoms with E-state index in [0.29, 0.717) is 46.1 Å². The van der Waals surface area contributed by atoms with Crippen LogP contribution in [0.5, 0.6) is 11.5 Å². The average Bonchev–Trinajstić information content (AvgIpc) is 3.17. The smallest absolute Gasteiger partial charge is 0.416 e. The Bertz CT molecular complexity index is 2000. The lowest BCUT2D eigenvalue weighted by Crippen LogP contribution is -2.39. The Kier molecular flexibility index (Phi) is 13.9. The minimum absolute atomic E-state index is 0.00669. The van der Waals surface area contributed by atoms with Gasteiger partial charge in [0, 0.05) is 11.1 Å². The molecule has 0 aliphatic rings. The van der Waals surface area contributed by atoms with Crippen molar-refractivity contribution in [1.29, 1.82) is 5.26 Å². The highest BCUT2D eigenvalue weighted by molar-refractivity contribution is 5.80. The van der Waals surface area contributed by atoms with Gasteiger partial charge >= 0.3 is 18.1 Å². The minimum Gasteiger partial charge on any atom is -0.490 e. The topological polar surface area (TPSA) is 132 Å². The first-order chi connectivity index (χ1) is 25.7. The number of nitrogens with zero attached hydrogens (tertiary/aromatic N) is 4. The maximum atomic E-state index is 13.1. The van der Waals surface area contributed by atoms with Crippen LogP contribution in [-0.4, -0.2) is 43.4 Å². The summed E-state index contributed by atoms with van der Waals surface area (Å²) in [5.41, 5.74) is -0.193. The van der Waals surface area contributed by atoms with E-state index < -0.39 is 34.5 Å². The quantitative estimate of drug-likeness (QED) is 0.0510. The fourth-order valence-electron chi connectivity index (χ4n) is 5.10. The summed E-state index contributed by atoms with van der Waals surface area (Å²) in [5, 5.41) is 17.1. The van der Waals surface area contributed by atoms with Gasteiger partial charge in [0.05, 0.1) is 28.3 Å². The lowest BCUT2D eigenvalue weighted by atomic mass is 9.72. The third kappa shape index (κ3) is 12.2. The van der Waals surface area contributed by atoms with E-state index in [1.807, 2.05) is 13.0 Å². The molecule has 0 saturated heterocycles. The fraction of sp³-hybridized carbons (Fsp3) is 0.317. The highest BCUT2D eigenvalue weighted by Crippen LogP contribution is 2.38. The van der Waals surface area contributed by atoms with E-state index in [9.17, 15) is 22.8 Å². The zero-order valence-electron chi connectivity index (χ0n) is 30.3. The number of esters is 2. The molecule has 4 aromatic rings. The van der Waals surface area contributed by atoms with Crippen molar-refractivity contribution in [1.82, 2.24) is 4.98 Å². The van der Waals surface area contributed by atoms with Crippen molar-refractivity contribution >= 4 is 23.3 Å². The summed E-state index contributed by atoms with van der Waals surface area (Å²) in [5.74, 6) is 5.89. The van der Waals surface area contributed by atoms with E-state index in [0.717, 1.165) is 12.1 Å². The largest absolute Gasteiger partial charge is 0.490 e. The Morgan fingerprint density at radius 1 is 0.704 bits per heavy atom. The third-order valence-corrected chi connectivity index (χ3v) is 8.23. The van der Waals surface area contributed by atoms with Crippen LogP contribution in [0.3, 0.4) is 0 Å². The highest BCUT2D eigenvalue weighted by atomic mass is 19.4. The molecule has 13 heteroatoms. The van der Waals surface area contributed by atoms with Crippen molar-refractivity contribution in [2.45, 2.75) is 46.7 Å². The number of alkyl halides is 3. The van der Waals surface area contributed by atoms with Gasteiger partial charge in [-0.3, -0.25) is 9.59 Å². The first-order valence-corrected chi connectivity index (χ1v) is 17.0. The van der Waals surface area contributed by atoms with Crippen molar-refractivity contribution in [3.05, 3.63) is 114 Å². The van der Waals surface area contributed by atoms with Crippen LogP contribution >= 0.6 is 0 Å². The molecule has 0 amide bonds. The van der Waals surface area contributed by atoms with Gasteiger partial charge in [-0.15, -0.1) is 5.11 Å². The van der Waals surface area contributed by atoms with Gasteiger partial charge in [-0.1, -0.05) is 18.8 Å². The summed E-state index contributed by atoms with van der Waals surface area (Å²) in [6, 6.07) is 23.4. The van der Waals surface area contributed by atoms with Crippen LogP contribution in [-0.2, 0) is 25.2 Å². The predicted molar refractivity (Wildman–Crippen MR) is 193 cm³/mol. The van der Waals surface area contributed by atoms with Gasteiger partial charge in [-0.2, -0.15) is 23.5 Å². The number of ether oxygens (including phenoxy) is 4. The van der Waals surface area contributed by atoms with Crippen LogP contribution in [0.2, 0.25) is 0 Å². The minimum atomic E-state index is -4.40. The fourth-order valence-corrected chi connectivity index (χ4v) is 5.10. The number of aromatic nitrogens is 1. The van der Waals surface area contributed by atoms with Crippen LogP contribution < -0.4 is 9.47 Å².